The zero-order valence-electron chi connectivity index (χ0n) is 20.1. The van der Waals surface area contributed by atoms with E-state index in [1.165, 1.54) is 38.5 Å². The maximum absolute atomic E-state index is 12.6. The van der Waals surface area contributed by atoms with Gasteiger partial charge in [0, 0.05) is 0 Å². The van der Waals surface area contributed by atoms with E-state index in [4.69, 9.17) is 0 Å². The third kappa shape index (κ3) is 2.46. The van der Waals surface area contributed by atoms with Crippen LogP contribution in [0.1, 0.15) is 105 Å². The van der Waals surface area contributed by atoms with Gasteiger partial charge in [-0.1, -0.05) is 59.1 Å². The van der Waals surface area contributed by atoms with E-state index in [1.807, 2.05) is 0 Å². The van der Waals surface area contributed by atoms with Gasteiger partial charge in [0.25, 0.3) is 0 Å². The van der Waals surface area contributed by atoms with Gasteiger partial charge in [-0.15, -0.1) is 0 Å². The fourth-order valence-corrected chi connectivity index (χ4v) is 10.2. The summed E-state index contributed by atoms with van der Waals surface area (Å²) in [5.41, 5.74) is 2.07. The van der Waals surface area contributed by atoms with E-state index in [0.717, 1.165) is 49.9 Å². The number of rotatable bonds is 1. The summed E-state index contributed by atoms with van der Waals surface area (Å²) in [7, 11) is 0. The first-order valence-corrected chi connectivity index (χ1v) is 13.0. The molecule has 168 valence electrons. The first-order chi connectivity index (χ1) is 14.1. The Kier molecular flexibility index (Phi) is 4.64. The van der Waals surface area contributed by atoms with Crippen molar-refractivity contribution in [3.63, 3.8) is 0 Å². The summed E-state index contributed by atoms with van der Waals surface area (Å²) < 4.78 is 0. The van der Waals surface area contributed by atoms with Gasteiger partial charge in [0.2, 0.25) is 0 Å². The lowest BCUT2D eigenvalue weighted by Crippen LogP contribution is -2.62. The van der Waals surface area contributed by atoms with Gasteiger partial charge in [-0.2, -0.15) is 0 Å². The minimum Gasteiger partial charge on any atom is -0.481 e. The molecule has 0 aromatic carbocycles. The molecule has 30 heavy (non-hydrogen) atoms. The molecule has 0 aliphatic heterocycles. The maximum Gasteiger partial charge on any atom is 0.310 e. The van der Waals surface area contributed by atoms with Crippen LogP contribution in [-0.2, 0) is 4.79 Å². The molecular weight excluding hydrogens is 368 g/mol. The smallest absolute Gasteiger partial charge is 0.310 e. The third-order valence-electron chi connectivity index (χ3n) is 12.2. The van der Waals surface area contributed by atoms with Crippen LogP contribution in [-0.4, -0.2) is 11.1 Å². The second-order valence-corrected chi connectivity index (χ2v) is 13.1. The van der Waals surface area contributed by atoms with Crippen molar-refractivity contribution in [3.8, 4) is 0 Å². The van der Waals surface area contributed by atoms with E-state index in [2.05, 4.69) is 40.7 Å². The molecule has 0 amide bonds. The Morgan fingerprint density at radius 1 is 1.00 bits per heavy atom. The van der Waals surface area contributed by atoms with Crippen LogP contribution in [0.2, 0.25) is 0 Å². The van der Waals surface area contributed by atoms with Crippen molar-refractivity contribution in [2.45, 2.75) is 105 Å². The summed E-state index contributed by atoms with van der Waals surface area (Å²) in [6, 6.07) is 0. The second-order valence-electron chi connectivity index (χ2n) is 13.1. The molecule has 0 aromatic heterocycles. The standard InChI is InChI=1S/C28H44O2/c1-18-10-14-28(24(29)30)16-15-26(4)21(22(28)17-18)8-9-23-25(3)12-6-7-19(2)20(25)11-13-27(23,26)5/h8,18-20,22-23H,6-7,9-17H2,1-5H3,(H,29,30). The topological polar surface area (TPSA) is 37.3 Å². The van der Waals surface area contributed by atoms with E-state index in [1.54, 1.807) is 5.57 Å². The van der Waals surface area contributed by atoms with E-state index < -0.39 is 11.4 Å². The van der Waals surface area contributed by atoms with Crippen LogP contribution >= 0.6 is 0 Å². The van der Waals surface area contributed by atoms with Crippen molar-refractivity contribution in [1.29, 1.82) is 0 Å². The fraction of sp³-hybridized carbons (Fsp3) is 0.893. The van der Waals surface area contributed by atoms with Crippen LogP contribution in [0, 0.1) is 51.2 Å². The number of fused-ring (bicyclic) bond motifs is 7. The van der Waals surface area contributed by atoms with Gasteiger partial charge in [0.05, 0.1) is 5.41 Å². The molecule has 2 nitrogen and oxygen atoms in total. The van der Waals surface area contributed by atoms with Crippen LogP contribution in [0.3, 0.4) is 0 Å². The number of aliphatic carboxylic acids is 1. The molecular formula is C28H44O2. The lowest BCUT2D eigenvalue weighted by Gasteiger charge is -2.69. The van der Waals surface area contributed by atoms with Crippen LogP contribution in [0.15, 0.2) is 11.6 Å². The highest BCUT2D eigenvalue weighted by Crippen LogP contribution is 2.74. The molecule has 9 unspecified atom stereocenters. The molecule has 4 saturated carbocycles. The van der Waals surface area contributed by atoms with Crippen molar-refractivity contribution in [3.05, 3.63) is 11.6 Å². The number of carboxylic acids is 1. The third-order valence-corrected chi connectivity index (χ3v) is 12.2. The first kappa shape index (κ1) is 21.1. The quantitative estimate of drug-likeness (QED) is 0.453. The number of carbonyl (C=O) groups is 1. The predicted molar refractivity (Wildman–Crippen MR) is 122 cm³/mol. The summed E-state index contributed by atoms with van der Waals surface area (Å²) in [5.74, 6) is 2.94. The van der Waals surface area contributed by atoms with E-state index >= 15 is 0 Å². The van der Waals surface area contributed by atoms with Crippen molar-refractivity contribution < 1.29 is 9.90 Å². The number of hydrogen-bond acceptors (Lipinski definition) is 1. The fourth-order valence-electron chi connectivity index (χ4n) is 10.2. The van der Waals surface area contributed by atoms with Crippen molar-refractivity contribution in [2.24, 2.45) is 51.2 Å². The summed E-state index contributed by atoms with van der Waals surface area (Å²) in [6.07, 6.45) is 15.8. The molecule has 1 N–H and O–H groups in total. The van der Waals surface area contributed by atoms with Gasteiger partial charge < -0.3 is 5.11 Å². The normalized spacial score (nSPS) is 55.4. The molecule has 2 heteroatoms. The molecule has 0 aromatic rings. The molecule has 4 fully saturated rings. The predicted octanol–water partition coefficient (Wildman–Crippen LogP) is 7.48. The Bertz CT molecular complexity index is 769. The molecule has 5 aliphatic rings. The van der Waals surface area contributed by atoms with Gasteiger partial charge >= 0.3 is 5.97 Å². The molecule has 0 radical (unpaired) electrons. The summed E-state index contributed by atoms with van der Waals surface area (Å²) >= 11 is 0. The van der Waals surface area contributed by atoms with Gasteiger partial charge in [-0.05, 0) is 104 Å². The lowest BCUT2D eigenvalue weighted by molar-refractivity contribution is -0.177. The Hall–Kier alpha value is -0.790. The van der Waals surface area contributed by atoms with E-state index in [0.29, 0.717) is 16.7 Å². The van der Waals surface area contributed by atoms with Crippen molar-refractivity contribution in [2.75, 3.05) is 0 Å². The summed E-state index contributed by atoms with van der Waals surface area (Å²) in [5, 5.41) is 10.4. The zero-order valence-corrected chi connectivity index (χ0v) is 20.1. The Balaban J connectivity index is 1.59. The zero-order chi connectivity index (χ0) is 21.5. The highest BCUT2D eigenvalue weighted by molar-refractivity contribution is 5.76. The highest BCUT2D eigenvalue weighted by atomic mass is 16.4. The van der Waals surface area contributed by atoms with Gasteiger partial charge in [0.15, 0.2) is 0 Å². The molecule has 0 spiro atoms. The monoisotopic (exact) mass is 412 g/mol. The van der Waals surface area contributed by atoms with Crippen LogP contribution in [0.5, 0.6) is 0 Å². The summed E-state index contributed by atoms with van der Waals surface area (Å²) in [4.78, 5) is 12.6. The van der Waals surface area contributed by atoms with Crippen molar-refractivity contribution >= 4 is 5.97 Å². The molecule has 0 saturated heterocycles. The molecule has 0 heterocycles. The average Bonchev–Trinajstić information content (AvgIpc) is 2.68. The number of allylic oxidation sites excluding steroid dienone is 2. The molecule has 0 bridgehead atoms. The molecule has 5 aliphatic carbocycles. The van der Waals surface area contributed by atoms with Crippen LogP contribution in [0.25, 0.3) is 0 Å². The van der Waals surface area contributed by atoms with Crippen LogP contribution < -0.4 is 0 Å². The number of hydrogen-bond donors (Lipinski definition) is 1. The average molecular weight is 413 g/mol. The maximum atomic E-state index is 12.6. The number of carboxylic acid groups (broad SMARTS) is 1. The van der Waals surface area contributed by atoms with Gasteiger partial charge in [-0.3, -0.25) is 4.79 Å². The van der Waals surface area contributed by atoms with Gasteiger partial charge in [-0.25, -0.2) is 0 Å². The molecule has 9 atom stereocenters. The lowest BCUT2D eigenvalue weighted by atomic mass is 9.35. The Morgan fingerprint density at radius 2 is 1.77 bits per heavy atom. The Labute approximate surface area is 184 Å². The Morgan fingerprint density at radius 3 is 2.50 bits per heavy atom. The first-order valence-electron chi connectivity index (χ1n) is 13.0. The minimum absolute atomic E-state index is 0.186. The second kappa shape index (κ2) is 6.61. The summed E-state index contributed by atoms with van der Waals surface area (Å²) in [6.45, 7) is 12.7. The largest absolute Gasteiger partial charge is 0.481 e. The highest BCUT2D eigenvalue weighted by Gasteiger charge is 2.67. The van der Waals surface area contributed by atoms with E-state index in [-0.39, 0.29) is 11.3 Å². The van der Waals surface area contributed by atoms with Crippen molar-refractivity contribution in [1.82, 2.24) is 0 Å². The minimum atomic E-state index is -0.508. The van der Waals surface area contributed by atoms with Gasteiger partial charge in [0.1, 0.15) is 0 Å². The van der Waals surface area contributed by atoms with E-state index in [9.17, 15) is 9.90 Å². The molecule has 5 rings (SSSR count). The van der Waals surface area contributed by atoms with Crippen LogP contribution in [0.4, 0.5) is 0 Å². The SMILES string of the molecule is CC1CCC2(C(=O)O)CCC3(C)C(=CCC4C5(C)CCCC(C)C5CCC43C)C2C1.